The Kier molecular flexibility index (Phi) is 6.93. The van der Waals surface area contributed by atoms with Crippen molar-refractivity contribution >= 4 is 29.1 Å². The predicted octanol–water partition coefficient (Wildman–Crippen LogP) is 4.99. The molecule has 0 atom stereocenters. The molecule has 0 saturated carbocycles. The SMILES string of the molecule is Cc1ccc(C2=C(Sc3ccccc3)C(=O)N(CCCOC(C)C)C2=O)c(C)c1. The van der Waals surface area contributed by atoms with E-state index in [-0.39, 0.29) is 17.9 Å². The summed E-state index contributed by atoms with van der Waals surface area (Å²) in [5.74, 6) is -0.437. The molecular formula is C24H27NO3S. The van der Waals surface area contributed by atoms with Crippen LogP contribution in [0.4, 0.5) is 0 Å². The monoisotopic (exact) mass is 409 g/mol. The lowest BCUT2D eigenvalue weighted by molar-refractivity contribution is -0.136. The Morgan fingerprint density at radius 2 is 1.72 bits per heavy atom. The molecule has 0 spiro atoms. The van der Waals surface area contributed by atoms with Crippen LogP contribution in [0.3, 0.4) is 0 Å². The van der Waals surface area contributed by atoms with Crippen LogP contribution >= 0.6 is 11.8 Å². The Hall–Kier alpha value is -2.37. The number of hydrogen-bond donors (Lipinski definition) is 0. The number of carbonyl (C=O) groups is 2. The molecule has 0 N–H and O–H groups in total. The average molecular weight is 410 g/mol. The maximum atomic E-state index is 13.3. The molecule has 152 valence electrons. The van der Waals surface area contributed by atoms with E-state index in [1.807, 2.05) is 76.2 Å². The summed E-state index contributed by atoms with van der Waals surface area (Å²) >= 11 is 1.36. The van der Waals surface area contributed by atoms with Crippen molar-refractivity contribution in [3.8, 4) is 0 Å². The maximum absolute atomic E-state index is 13.3. The molecule has 2 amide bonds. The van der Waals surface area contributed by atoms with Crippen molar-refractivity contribution in [3.63, 3.8) is 0 Å². The van der Waals surface area contributed by atoms with E-state index in [0.29, 0.717) is 30.1 Å². The number of carbonyl (C=O) groups excluding carboxylic acids is 2. The maximum Gasteiger partial charge on any atom is 0.268 e. The van der Waals surface area contributed by atoms with Crippen LogP contribution in [0.15, 0.2) is 58.3 Å². The summed E-state index contributed by atoms with van der Waals surface area (Å²) in [6, 6.07) is 15.7. The molecule has 1 heterocycles. The van der Waals surface area contributed by atoms with Crippen molar-refractivity contribution in [2.24, 2.45) is 0 Å². The molecule has 0 aromatic heterocycles. The molecular weight excluding hydrogens is 382 g/mol. The molecule has 29 heavy (non-hydrogen) atoms. The Balaban J connectivity index is 1.93. The van der Waals surface area contributed by atoms with Gasteiger partial charge in [-0.25, -0.2) is 0 Å². The van der Waals surface area contributed by atoms with E-state index in [4.69, 9.17) is 4.74 Å². The van der Waals surface area contributed by atoms with Crippen LogP contribution in [0.5, 0.6) is 0 Å². The summed E-state index contributed by atoms with van der Waals surface area (Å²) in [4.78, 5) is 29.3. The van der Waals surface area contributed by atoms with E-state index in [2.05, 4.69) is 0 Å². The second-order valence-corrected chi connectivity index (χ2v) is 8.56. The second kappa shape index (κ2) is 9.42. The van der Waals surface area contributed by atoms with Gasteiger partial charge in [0.05, 0.1) is 16.6 Å². The summed E-state index contributed by atoms with van der Waals surface area (Å²) in [6.07, 6.45) is 0.757. The molecule has 0 radical (unpaired) electrons. The highest BCUT2D eigenvalue weighted by molar-refractivity contribution is 8.04. The lowest BCUT2D eigenvalue weighted by Crippen LogP contribution is -2.33. The van der Waals surface area contributed by atoms with Crippen LogP contribution in [-0.2, 0) is 14.3 Å². The molecule has 2 aromatic carbocycles. The summed E-state index contributed by atoms with van der Waals surface area (Å²) in [7, 11) is 0. The minimum Gasteiger partial charge on any atom is -0.379 e. The quantitative estimate of drug-likeness (QED) is 0.455. The van der Waals surface area contributed by atoms with E-state index in [1.54, 1.807) is 0 Å². The Morgan fingerprint density at radius 1 is 1.00 bits per heavy atom. The third-order valence-corrected chi connectivity index (χ3v) is 5.81. The summed E-state index contributed by atoms with van der Waals surface area (Å²) in [5.41, 5.74) is 3.46. The normalized spacial score (nSPS) is 14.4. The number of rotatable bonds is 8. The summed E-state index contributed by atoms with van der Waals surface area (Å²) < 4.78 is 5.57. The average Bonchev–Trinajstić information content (AvgIpc) is 2.90. The number of ether oxygens (including phenoxy) is 1. The van der Waals surface area contributed by atoms with Gasteiger partial charge in [0.1, 0.15) is 0 Å². The van der Waals surface area contributed by atoms with Gasteiger partial charge >= 0.3 is 0 Å². The van der Waals surface area contributed by atoms with Crippen LogP contribution in [-0.4, -0.2) is 36.0 Å². The molecule has 0 aliphatic carbocycles. The summed E-state index contributed by atoms with van der Waals surface area (Å²) in [6.45, 7) is 8.83. The molecule has 5 heteroatoms. The van der Waals surface area contributed by atoms with Crippen LogP contribution in [0.25, 0.3) is 5.57 Å². The molecule has 1 aliphatic heterocycles. The molecule has 0 saturated heterocycles. The van der Waals surface area contributed by atoms with Gasteiger partial charge < -0.3 is 4.74 Å². The van der Waals surface area contributed by atoms with Gasteiger partial charge in [0.2, 0.25) is 0 Å². The van der Waals surface area contributed by atoms with E-state index in [0.717, 1.165) is 21.6 Å². The molecule has 0 fully saturated rings. The Bertz CT molecular complexity index is 934. The van der Waals surface area contributed by atoms with E-state index < -0.39 is 0 Å². The topological polar surface area (TPSA) is 46.6 Å². The van der Waals surface area contributed by atoms with Crippen molar-refractivity contribution in [3.05, 3.63) is 70.1 Å². The zero-order valence-electron chi connectivity index (χ0n) is 17.4. The number of benzene rings is 2. The van der Waals surface area contributed by atoms with E-state index in [1.165, 1.54) is 16.7 Å². The van der Waals surface area contributed by atoms with Gasteiger partial charge in [-0.3, -0.25) is 14.5 Å². The first-order valence-corrected chi connectivity index (χ1v) is 10.7. The fraction of sp³-hybridized carbons (Fsp3) is 0.333. The minimum absolute atomic E-state index is 0.132. The number of amides is 2. The van der Waals surface area contributed by atoms with Crippen molar-refractivity contribution < 1.29 is 14.3 Å². The summed E-state index contributed by atoms with van der Waals surface area (Å²) in [5, 5.41) is 0. The number of imide groups is 1. The van der Waals surface area contributed by atoms with Gasteiger partial charge in [-0.05, 0) is 57.4 Å². The van der Waals surface area contributed by atoms with Crippen LogP contribution < -0.4 is 0 Å². The number of hydrogen-bond acceptors (Lipinski definition) is 4. The van der Waals surface area contributed by atoms with Gasteiger partial charge in [0.25, 0.3) is 11.8 Å². The highest BCUT2D eigenvalue weighted by Gasteiger charge is 2.39. The Morgan fingerprint density at radius 3 is 2.38 bits per heavy atom. The lowest BCUT2D eigenvalue weighted by Gasteiger charge is -2.16. The zero-order chi connectivity index (χ0) is 21.0. The first-order chi connectivity index (χ1) is 13.9. The van der Waals surface area contributed by atoms with Gasteiger partial charge in [0.15, 0.2) is 0 Å². The molecule has 4 nitrogen and oxygen atoms in total. The van der Waals surface area contributed by atoms with Gasteiger partial charge in [-0.15, -0.1) is 0 Å². The lowest BCUT2D eigenvalue weighted by atomic mass is 9.99. The highest BCUT2D eigenvalue weighted by atomic mass is 32.2. The standard InChI is InChI=1S/C24H27NO3S/c1-16(2)28-14-8-13-25-23(26)21(20-12-11-17(3)15-18(20)4)22(24(25)27)29-19-9-6-5-7-10-19/h5-7,9-12,15-16H,8,13-14H2,1-4H3. The largest absolute Gasteiger partial charge is 0.379 e. The molecule has 0 unspecified atom stereocenters. The van der Waals surface area contributed by atoms with Crippen LogP contribution in [0.2, 0.25) is 0 Å². The molecule has 1 aliphatic rings. The number of thioether (sulfide) groups is 1. The molecule has 3 rings (SSSR count). The number of aryl methyl sites for hydroxylation is 2. The van der Waals surface area contributed by atoms with Gasteiger partial charge in [-0.2, -0.15) is 0 Å². The number of nitrogens with zero attached hydrogens (tertiary/aromatic N) is 1. The Labute approximate surface area is 176 Å². The van der Waals surface area contributed by atoms with E-state index >= 15 is 0 Å². The minimum atomic E-state index is -0.219. The highest BCUT2D eigenvalue weighted by Crippen LogP contribution is 2.40. The first kappa shape index (κ1) is 21.3. The smallest absolute Gasteiger partial charge is 0.268 e. The van der Waals surface area contributed by atoms with Crippen molar-refractivity contribution in [2.75, 3.05) is 13.2 Å². The predicted molar refractivity (Wildman–Crippen MR) is 118 cm³/mol. The van der Waals surface area contributed by atoms with Gasteiger partial charge in [-0.1, -0.05) is 53.7 Å². The van der Waals surface area contributed by atoms with Crippen molar-refractivity contribution in [2.45, 2.75) is 45.1 Å². The second-order valence-electron chi connectivity index (χ2n) is 7.47. The third-order valence-electron chi connectivity index (χ3n) is 4.72. The van der Waals surface area contributed by atoms with E-state index in [9.17, 15) is 9.59 Å². The fourth-order valence-electron chi connectivity index (χ4n) is 3.33. The zero-order valence-corrected chi connectivity index (χ0v) is 18.2. The molecule has 0 bridgehead atoms. The van der Waals surface area contributed by atoms with Crippen LogP contribution in [0, 0.1) is 13.8 Å². The first-order valence-electron chi connectivity index (χ1n) is 9.91. The molecule has 2 aromatic rings. The third kappa shape index (κ3) is 4.98. The van der Waals surface area contributed by atoms with Crippen molar-refractivity contribution in [1.29, 1.82) is 0 Å². The van der Waals surface area contributed by atoms with Crippen LogP contribution in [0.1, 0.15) is 37.0 Å². The van der Waals surface area contributed by atoms with Gasteiger partial charge in [0, 0.05) is 18.0 Å². The fourth-order valence-corrected chi connectivity index (χ4v) is 4.36. The van der Waals surface area contributed by atoms with Crippen molar-refractivity contribution in [1.82, 2.24) is 4.90 Å².